The number of carbonyl (C=O) groups is 1. The fraction of sp³-hybridized carbons (Fsp3) is 0.700. The number of pyridine rings is 1. The molecule has 5 nitrogen and oxygen atoms in total. The minimum Gasteiger partial charge on any atom is -0.474 e. The summed E-state index contributed by atoms with van der Waals surface area (Å²) in [6, 6.07) is 1.35. The number of alkyl halides is 3. The summed E-state index contributed by atoms with van der Waals surface area (Å²) in [5, 5.41) is 9.36. The van der Waals surface area contributed by atoms with E-state index < -0.39 is 11.7 Å². The standard InChI is InChI=1S/C20H25F3N2O3/c1-12-6-17(24-9-16(12)20(21,22)23)28-15-2-4-19(5-3-15)10-25(11-19)18(27)13-7-14(26)8-13/h6,9,13-15,26H,2-5,7-8,10-11H2,1H3. The van der Waals surface area contributed by atoms with Gasteiger partial charge < -0.3 is 14.7 Å². The summed E-state index contributed by atoms with van der Waals surface area (Å²) in [6.07, 6.45) is 0.718. The van der Waals surface area contributed by atoms with Gasteiger partial charge in [0.25, 0.3) is 0 Å². The number of carbonyl (C=O) groups excluding carboxylic acids is 1. The van der Waals surface area contributed by atoms with Gasteiger partial charge in [-0.05, 0) is 51.0 Å². The molecule has 3 aliphatic rings. The zero-order chi connectivity index (χ0) is 20.1. The van der Waals surface area contributed by atoms with E-state index in [1.807, 2.05) is 4.90 Å². The van der Waals surface area contributed by atoms with Crippen LogP contribution in [0.2, 0.25) is 0 Å². The monoisotopic (exact) mass is 398 g/mol. The van der Waals surface area contributed by atoms with E-state index in [0.29, 0.717) is 12.8 Å². The van der Waals surface area contributed by atoms with Gasteiger partial charge >= 0.3 is 6.18 Å². The number of hydrogen-bond acceptors (Lipinski definition) is 4. The van der Waals surface area contributed by atoms with E-state index in [2.05, 4.69) is 4.98 Å². The van der Waals surface area contributed by atoms with Gasteiger partial charge in [0, 0.05) is 36.7 Å². The first kappa shape index (κ1) is 19.5. The normalized spacial score (nSPS) is 27.2. The predicted molar refractivity (Wildman–Crippen MR) is 94.6 cm³/mol. The molecule has 0 radical (unpaired) electrons. The first-order valence-corrected chi connectivity index (χ1v) is 9.83. The molecule has 28 heavy (non-hydrogen) atoms. The first-order valence-electron chi connectivity index (χ1n) is 9.83. The maximum atomic E-state index is 12.8. The fourth-order valence-corrected chi connectivity index (χ4v) is 4.67. The zero-order valence-electron chi connectivity index (χ0n) is 15.8. The molecule has 1 aromatic heterocycles. The molecule has 1 aliphatic heterocycles. The van der Waals surface area contributed by atoms with Crippen molar-refractivity contribution in [1.82, 2.24) is 9.88 Å². The van der Waals surface area contributed by atoms with Crippen molar-refractivity contribution in [3.8, 4) is 5.88 Å². The number of aromatic nitrogens is 1. The summed E-state index contributed by atoms with van der Waals surface area (Å²) in [4.78, 5) is 18.0. The van der Waals surface area contributed by atoms with Gasteiger partial charge in [0.1, 0.15) is 6.10 Å². The van der Waals surface area contributed by atoms with Crippen LogP contribution < -0.4 is 4.74 Å². The molecule has 2 heterocycles. The summed E-state index contributed by atoms with van der Waals surface area (Å²) >= 11 is 0. The SMILES string of the molecule is Cc1cc(OC2CCC3(CC2)CN(C(=O)C2CC(O)C2)C3)ncc1C(F)(F)F. The minimum atomic E-state index is -4.40. The summed E-state index contributed by atoms with van der Waals surface area (Å²) in [6.45, 7) is 2.94. The van der Waals surface area contributed by atoms with Crippen LogP contribution in [-0.2, 0) is 11.0 Å². The molecular weight excluding hydrogens is 373 g/mol. The van der Waals surface area contributed by atoms with Crippen LogP contribution >= 0.6 is 0 Å². The number of hydrogen-bond donors (Lipinski definition) is 1. The lowest BCUT2D eigenvalue weighted by Crippen LogP contribution is -2.62. The third kappa shape index (κ3) is 3.71. The van der Waals surface area contributed by atoms with E-state index in [1.165, 1.54) is 13.0 Å². The molecule has 3 fully saturated rings. The highest BCUT2D eigenvalue weighted by molar-refractivity contribution is 5.80. The molecule has 2 aliphatic carbocycles. The second-order valence-electron chi connectivity index (χ2n) is 8.67. The van der Waals surface area contributed by atoms with Crippen LogP contribution in [0.25, 0.3) is 0 Å². The molecular formula is C20H25F3N2O3. The second-order valence-corrected chi connectivity index (χ2v) is 8.67. The van der Waals surface area contributed by atoms with Crippen LogP contribution in [0.4, 0.5) is 13.2 Å². The van der Waals surface area contributed by atoms with Crippen molar-refractivity contribution in [3.63, 3.8) is 0 Å². The Balaban J connectivity index is 1.26. The maximum absolute atomic E-state index is 12.8. The van der Waals surface area contributed by atoms with Gasteiger partial charge in [-0.25, -0.2) is 4.98 Å². The van der Waals surface area contributed by atoms with Gasteiger partial charge in [-0.15, -0.1) is 0 Å². The molecule has 0 unspecified atom stereocenters. The highest BCUT2D eigenvalue weighted by Gasteiger charge is 2.49. The second kappa shape index (κ2) is 6.90. The highest BCUT2D eigenvalue weighted by Crippen LogP contribution is 2.46. The lowest BCUT2D eigenvalue weighted by atomic mass is 9.67. The molecule has 0 atom stereocenters. The van der Waals surface area contributed by atoms with Crippen LogP contribution in [0.3, 0.4) is 0 Å². The molecule has 4 rings (SSSR count). The van der Waals surface area contributed by atoms with E-state index in [9.17, 15) is 23.1 Å². The molecule has 1 saturated heterocycles. The Labute approximate surface area is 161 Å². The Morgan fingerprint density at radius 1 is 1.29 bits per heavy atom. The molecule has 8 heteroatoms. The molecule has 0 aromatic carbocycles. The van der Waals surface area contributed by atoms with E-state index in [4.69, 9.17) is 4.74 Å². The number of rotatable bonds is 3. The van der Waals surface area contributed by atoms with E-state index in [-0.39, 0.29) is 40.9 Å². The molecule has 1 spiro atoms. The van der Waals surface area contributed by atoms with Crippen molar-refractivity contribution in [3.05, 3.63) is 23.4 Å². The molecule has 1 N–H and O–H groups in total. The Morgan fingerprint density at radius 2 is 1.93 bits per heavy atom. The topological polar surface area (TPSA) is 62.7 Å². The van der Waals surface area contributed by atoms with Crippen LogP contribution in [0, 0.1) is 18.3 Å². The number of aryl methyl sites for hydroxylation is 1. The lowest BCUT2D eigenvalue weighted by Gasteiger charge is -2.54. The van der Waals surface area contributed by atoms with Crippen molar-refractivity contribution >= 4 is 5.91 Å². The Kier molecular flexibility index (Phi) is 4.80. The Morgan fingerprint density at radius 3 is 2.46 bits per heavy atom. The number of amides is 1. The number of aliphatic hydroxyl groups excluding tert-OH is 1. The number of aliphatic hydroxyl groups is 1. The third-order valence-corrected chi connectivity index (χ3v) is 6.50. The van der Waals surface area contributed by atoms with Crippen LogP contribution in [0.1, 0.15) is 49.7 Å². The van der Waals surface area contributed by atoms with Crippen LogP contribution in [0.15, 0.2) is 12.3 Å². The molecule has 1 aromatic rings. The van der Waals surface area contributed by atoms with Gasteiger partial charge in [-0.2, -0.15) is 13.2 Å². The van der Waals surface area contributed by atoms with Gasteiger partial charge in [0.05, 0.1) is 11.7 Å². The number of halogens is 3. The summed E-state index contributed by atoms with van der Waals surface area (Å²) in [7, 11) is 0. The van der Waals surface area contributed by atoms with Crippen molar-refractivity contribution in [2.45, 2.75) is 63.8 Å². The van der Waals surface area contributed by atoms with E-state index in [1.54, 1.807) is 0 Å². The number of ether oxygens (including phenoxy) is 1. The number of likely N-dealkylation sites (tertiary alicyclic amines) is 1. The number of nitrogens with zero attached hydrogens (tertiary/aromatic N) is 2. The van der Waals surface area contributed by atoms with Crippen LogP contribution in [0.5, 0.6) is 5.88 Å². The Hall–Kier alpha value is -1.83. The average Bonchev–Trinajstić information content (AvgIpc) is 2.56. The Bertz CT molecular complexity index is 746. The van der Waals surface area contributed by atoms with Gasteiger partial charge in [0.15, 0.2) is 0 Å². The highest BCUT2D eigenvalue weighted by atomic mass is 19.4. The zero-order valence-corrected chi connectivity index (χ0v) is 15.8. The maximum Gasteiger partial charge on any atom is 0.418 e. The minimum absolute atomic E-state index is 0.0130. The smallest absolute Gasteiger partial charge is 0.418 e. The summed E-state index contributed by atoms with van der Waals surface area (Å²) in [5.74, 6) is 0.389. The molecule has 2 saturated carbocycles. The predicted octanol–water partition coefficient (Wildman–Crippen LogP) is 3.33. The fourth-order valence-electron chi connectivity index (χ4n) is 4.67. The first-order chi connectivity index (χ1) is 13.2. The molecule has 0 bridgehead atoms. The van der Waals surface area contributed by atoms with Crippen molar-refractivity contribution in [1.29, 1.82) is 0 Å². The quantitative estimate of drug-likeness (QED) is 0.849. The lowest BCUT2D eigenvalue weighted by molar-refractivity contribution is -0.158. The van der Waals surface area contributed by atoms with Crippen molar-refractivity contribution < 1.29 is 27.8 Å². The summed E-state index contributed by atoms with van der Waals surface area (Å²) in [5.41, 5.74) is -0.471. The average molecular weight is 398 g/mol. The van der Waals surface area contributed by atoms with Crippen LogP contribution in [-0.4, -0.2) is 46.2 Å². The van der Waals surface area contributed by atoms with Crippen molar-refractivity contribution in [2.24, 2.45) is 11.3 Å². The van der Waals surface area contributed by atoms with Gasteiger partial charge in [0.2, 0.25) is 11.8 Å². The third-order valence-electron chi connectivity index (χ3n) is 6.50. The van der Waals surface area contributed by atoms with E-state index in [0.717, 1.165) is 45.0 Å². The van der Waals surface area contributed by atoms with E-state index >= 15 is 0 Å². The largest absolute Gasteiger partial charge is 0.474 e. The van der Waals surface area contributed by atoms with Crippen molar-refractivity contribution in [2.75, 3.05) is 13.1 Å². The van der Waals surface area contributed by atoms with Gasteiger partial charge in [-0.1, -0.05) is 0 Å². The molecule has 154 valence electrons. The summed E-state index contributed by atoms with van der Waals surface area (Å²) < 4.78 is 44.3. The van der Waals surface area contributed by atoms with Gasteiger partial charge in [-0.3, -0.25) is 4.79 Å². The molecule has 1 amide bonds.